The normalized spacial score (nSPS) is 16.2. The number of benzene rings is 2. The maximum atomic E-state index is 12.4. The number of phenols is 1. The molecule has 1 saturated heterocycles. The van der Waals surface area contributed by atoms with Gasteiger partial charge in [0.1, 0.15) is 11.3 Å². The van der Waals surface area contributed by atoms with Crippen LogP contribution in [-0.2, 0) is 9.59 Å². The van der Waals surface area contributed by atoms with Crippen LogP contribution in [0.2, 0.25) is 5.02 Å². The van der Waals surface area contributed by atoms with E-state index in [-0.39, 0.29) is 11.3 Å². The number of anilines is 1. The van der Waals surface area contributed by atoms with Gasteiger partial charge in [-0.2, -0.15) is 0 Å². The number of carbonyl (C=O) groups excluding carboxylic acids is 2. The van der Waals surface area contributed by atoms with Gasteiger partial charge in [0.2, 0.25) is 0 Å². The molecule has 2 aromatic rings. The molecule has 3 rings (SSSR count). The van der Waals surface area contributed by atoms with Crippen LogP contribution in [0, 0.1) is 0 Å². The first-order valence-electron chi connectivity index (χ1n) is 6.46. The Morgan fingerprint density at radius 2 is 1.82 bits per heavy atom. The van der Waals surface area contributed by atoms with Crippen molar-refractivity contribution >= 4 is 35.2 Å². The van der Waals surface area contributed by atoms with Crippen LogP contribution >= 0.6 is 11.6 Å². The maximum Gasteiger partial charge on any atom is 0.282 e. The molecule has 2 N–H and O–H groups in total. The summed E-state index contributed by atoms with van der Waals surface area (Å²) in [4.78, 5) is 24.4. The first kappa shape index (κ1) is 14.2. The average Bonchev–Trinajstić information content (AvgIpc) is 2.77. The summed E-state index contributed by atoms with van der Waals surface area (Å²) in [7, 11) is 0. The Morgan fingerprint density at radius 1 is 1.09 bits per heavy atom. The predicted molar refractivity (Wildman–Crippen MR) is 83.2 cm³/mol. The maximum absolute atomic E-state index is 12.4. The van der Waals surface area contributed by atoms with Crippen molar-refractivity contribution in [2.75, 3.05) is 5.01 Å². The summed E-state index contributed by atoms with van der Waals surface area (Å²) in [6, 6.07) is 12.8. The molecule has 0 saturated carbocycles. The molecule has 0 atom stereocenters. The van der Waals surface area contributed by atoms with E-state index in [4.69, 9.17) is 11.6 Å². The summed E-state index contributed by atoms with van der Waals surface area (Å²) >= 11 is 5.90. The molecule has 2 aromatic carbocycles. The lowest BCUT2D eigenvalue weighted by molar-refractivity contribution is -0.117. The molecule has 0 radical (unpaired) electrons. The van der Waals surface area contributed by atoms with Gasteiger partial charge in [-0.15, -0.1) is 0 Å². The summed E-state index contributed by atoms with van der Waals surface area (Å²) in [5.41, 5.74) is 3.65. The first-order valence-corrected chi connectivity index (χ1v) is 6.84. The second-order valence-corrected chi connectivity index (χ2v) is 5.15. The highest BCUT2D eigenvalue weighted by Gasteiger charge is 2.34. The minimum absolute atomic E-state index is 0.0191. The number of carbonyl (C=O) groups is 2. The Kier molecular flexibility index (Phi) is 3.56. The van der Waals surface area contributed by atoms with Crippen molar-refractivity contribution in [1.29, 1.82) is 0 Å². The SMILES string of the molecule is O=C1NN(c2cccc(Cl)c2)C(=O)C1=Cc1ccc(O)cc1. The highest BCUT2D eigenvalue weighted by Crippen LogP contribution is 2.24. The van der Waals surface area contributed by atoms with E-state index in [1.54, 1.807) is 36.4 Å². The monoisotopic (exact) mass is 314 g/mol. The van der Waals surface area contributed by atoms with Crippen LogP contribution in [0.3, 0.4) is 0 Å². The van der Waals surface area contributed by atoms with E-state index in [9.17, 15) is 14.7 Å². The van der Waals surface area contributed by atoms with Gasteiger partial charge in [-0.05, 0) is 42.0 Å². The topological polar surface area (TPSA) is 69.6 Å². The number of aromatic hydroxyl groups is 1. The molecule has 0 spiro atoms. The van der Waals surface area contributed by atoms with E-state index in [0.717, 1.165) is 5.01 Å². The lowest BCUT2D eigenvalue weighted by atomic mass is 10.1. The lowest BCUT2D eigenvalue weighted by Gasteiger charge is -2.14. The summed E-state index contributed by atoms with van der Waals surface area (Å²) in [5, 5.41) is 10.9. The molecule has 2 amide bonds. The molecule has 1 heterocycles. The summed E-state index contributed by atoms with van der Waals surface area (Å²) in [6.45, 7) is 0. The van der Waals surface area contributed by atoms with Crippen molar-refractivity contribution in [2.45, 2.75) is 0 Å². The molecule has 5 nitrogen and oxygen atoms in total. The Hall–Kier alpha value is -2.79. The number of nitrogens with one attached hydrogen (secondary N) is 1. The van der Waals surface area contributed by atoms with E-state index in [1.807, 2.05) is 0 Å². The number of rotatable bonds is 2. The fourth-order valence-corrected chi connectivity index (χ4v) is 2.28. The summed E-state index contributed by atoms with van der Waals surface area (Å²) in [5.74, 6) is -0.830. The molecule has 110 valence electrons. The molecule has 1 aliphatic rings. The predicted octanol–water partition coefficient (Wildman–Crippen LogP) is 2.51. The molecule has 0 unspecified atom stereocenters. The van der Waals surface area contributed by atoms with Crippen LogP contribution < -0.4 is 10.4 Å². The molecular formula is C16H11ClN2O3. The van der Waals surface area contributed by atoms with Gasteiger partial charge in [-0.1, -0.05) is 29.8 Å². The largest absolute Gasteiger partial charge is 0.508 e. The van der Waals surface area contributed by atoms with Crippen molar-refractivity contribution in [3.8, 4) is 5.75 Å². The number of hydrogen-bond donors (Lipinski definition) is 2. The van der Waals surface area contributed by atoms with Crippen molar-refractivity contribution < 1.29 is 14.7 Å². The molecule has 1 aliphatic heterocycles. The number of hydrazine groups is 1. The third-order valence-corrected chi connectivity index (χ3v) is 3.40. The van der Waals surface area contributed by atoms with Gasteiger partial charge >= 0.3 is 0 Å². The zero-order valence-corrected chi connectivity index (χ0v) is 12.0. The van der Waals surface area contributed by atoms with Crippen LogP contribution in [0.1, 0.15) is 5.56 Å². The molecular weight excluding hydrogens is 304 g/mol. The third-order valence-electron chi connectivity index (χ3n) is 3.16. The van der Waals surface area contributed by atoms with Crippen molar-refractivity contribution in [3.05, 3.63) is 64.7 Å². The molecule has 22 heavy (non-hydrogen) atoms. The fraction of sp³-hybridized carbons (Fsp3) is 0. The van der Waals surface area contributed by atoms with E-state index in [2.05, 4.69) is 5.43 Å². The average molecular weight is 315 g/mol. The Morgan fingerprint density at radius 3 is 2.50 bits per heavy atom. The van der Waals surface area contributed by atoms with Crippen LogP contribution in [0.15, 0.2) is 54.1 Å². The van der Waals surface area contributed by atoms with Crippen molar-refractivity contribution in [2.24, 2.45) is 0 Å². The second-order valence-electron chi connectivity index (χ2n) is 4.71. The van der Waals surface area contributed by atoms with Crippen LogP contribution in [0.4, 0.5) is 5.69 Å². The Bertz CT molecular complexity index is 784. The van der Waals surface area contributed by atoms with Crippen LogP contribution in [0.25, 0.3) is 6.08 Å². The highest BCUT2D eigenvalue weighted by molar-refractivity contribution is 6.33. The van der Waals surface area contributed by atoms with Gasteiger partial charge < -0.3 is 5.11 Å². The zero-order valence-electron chi connectivity index (χ0n) is 11.3. The first-order chi connectivity index (χ1) is 10.5. The van der Waals surface area contributed by atoms with Crippen LogP contribution in [-0.4, -0.2) is 16.9 Å². The fourth-order valence-electron chi connectivity index (χ4n) is 2.09. The molecule has 0 aliphatic carbocycles. The number of phenolic OH excluding ortho intramolecular Hbond substituents is 1. The molecule has 6 heteroatoms. The van der Waals surface area contributed by atoms with Gasteiger partial charge in [0.05, 0.1) is 5.69 Å². The van der Waals surface area contributed by atoms with E-state index in [1.165, 1.54) is 18.2 Å². The van der Waals surface area contributed by atoms with Crippen molar-refractivity contribution in [1.82, 2.24) is 5.43 Å². The smallest absolute Gasteiger partial charge is 0.282 e. The number of nitrogens with zero attached hydrogens (tertiary/aromatic N) is 1. The Labute approximate surface area is 131 Å². The zero-order chi connectivity index (χ0) is 15.7. The minimum Gasteiger partial charge on any atom is -0.508 e. The highest BCUT2D eigenvalue weighted by atomic mass is 35.5. The summed E-state index contributed by atoms with van der Waals surface area (Å²) in [6.07, 6.45) is 1.47. The standard InChI is InChI=1S/C16H11ClN2O3/c17-11-2-1-3-12(9-11)19-16(22)14(15(21)18-19)8-10-4-6-13(20)7-5-10/h1-9,20H,(H,18,21). The van der Waals surface area contributed by atoms with Gasteiger partial charge in [-0.25, -0.2) is 5.01 Å². The summed E-state index contributed by atoms with van der Waals surface area (Å²) < 4.78 is 0. The van der Waals surface area contributed by atoms with Gasteiger partial charge in [-0.3, -0.25) is 15.0 Å². The number of halogens is 1. The minimum atomic E-state index is -0.488. The van der Waals surface area contributed by atoms with E-state index in [0.29, 0.717) is 16.3 Å². The van der Waals surface area contributed by atoms with Gasteiger partial charge in [0.15, 0.2) is 0 Å². The van der Waals surface area contributed by atoms with E-state index < -0.39 is 11.8 Å². The van der Waals surface area contributed by atoms with Gasteiger partial charge in [0.25, 0.3) is 11.8 Å². The van der Waals surface area contributed by atoms with Gasteiger partial charge in [0, 0.05) is 5.02 Å². The van der Waals surface area contributed by atoms with Crippen LogP contribution in [0.5, 0.6) is 5.75 Å². The third kappa shape index (κ3) is 2.66. The molecule has 0 bridgehead atoms. The lowest BCUT2D eigenvalue weighted by Crippen LogP contribution is -2.35. The quantitative estimate of drug-likeness (QED) is 0.661. The Balaban J connectivity index is 1.93. The number of hydrogen-bond acceptors (Lipinski definition) is 3. The molecule has 0 aromatic heterocycles. The van der Waals surface area contributed by atoms with E-state index >= 15 is 0 Å². The number of amides is 2. The second kappa shape index (κ2) is 5.54. The molecule has 1 fully saturated rings. The van der Waals surface area contributed by atoms with Crippen molar-refractivity contribution in [3.63, 3.8) is 0 Å².